The number of hydrogen-bond acceptors (Lipinski definition) is 0. The fraction of sp³-hybridized carbons (Fsp3) is 0. The van der Waals surface area contributed by atoms with Crippen molar-refractivity contribution >= 4 is 10.9 Å². The van der Waals surface area contributed by atoms with E-state index < -0.39 is 0 Å². The number of nitrogens with zero attached hydrogens (tertiary/aromatic N) is 1. The van der Waals surface area contributed by atoms with Gasteiger partial charge in [0, 0.05) is 20.4 Å². The van der Waals surface area contributed by atoms with Crippen LogP contribution in [0.4, 0.5) is 0 Å². The molecule has 1 heterocycles. The van der Waals surface area contributed by atoms with Crippen LogP contribution >= 0.6 is 0 Å². The monoisotopic (exact) mass is 298 g/mol. The van der Waals surface area contributed by atoms with Crippen molar-refractivity contribution in [1.29, 1.82) is 0 Å². The van der Waals surface area contributed by atoms with Crippen molar-refractivity contribution in [1.82, 2.24) is 4.57 Å². The summed E-state index contributed by atoms with van der Waals surface area (Å²) in [5.74, 6) is 0. The number of para-hydroxylation sites is 2. The molecule has 0 aliphatic heterocycles. The normalized spacial score (nSPS) is 10.0. The molecule has 0 unspecified atom stereocenters. The maximum Gasteiger partial charge on any atom is 0 e. The summed E-state index contributed by atoms with van der Waals surface area (Å²) in [6.45, 7) is 0. The molecule has 0 aliphatic carbocycles. The Morgan fingerprint density at radius 3 is 2.31 bits per heavy atom. The predicted octanol–water partition coefficient (Wildman–Crippen LogP) is 3.43. The van der Waals surface area contributed by atoms with Crippen LogP contribution in [-0.2, 0) is 20.4 Å². The van der Waals surface area contributed by atoms with Crippen LogP contribution in [0.2, 0.25) is 0 Å². The Labute approximate surface area is 108 Å². The zero-order valence-corrected chi connectivity index (χ0v) is 10.1. The third-order valence-electron chi connectivity index (χ3n) is 2.54. The largest absolute Gasteiger partial charge is 0.444 e. The number of aromatic nitrogens is 1. The molecule has 16 heavy (non-hydrogen) atoms. The average molecular weight is 299 g/mol. The first-order chi connectivity index (χ1) is 7.45. The smallest absolute Gasteiger partial charge is 0 e. The Hall–Kier alpha value is -1.36. The fourth-order valence-electron chi connectivity index (χ4n) is 1.81. The molecule has 0 saturated heterocycles. The van der Waals surface area contributed by atoms with Crippen molar-refractivity contribution in [3.63, 3.8) is 0 Å². The van der Waals surface area contributed by atoms with Crippen molar-refractivity contribution < 1.29 is 20.4 Å². The van der Waals surface area contributed by atoms with Gasteiger partial charge in [0.15, 0.2) is 0 Å². The SMILES string of the molecule is [Pd].[c-]1cc2ccccc2n1-c1ccccc1. The van der Waals surface area contributed by atoms with E-state index in [0.29, 0.717) is 0 Å². The molecule has 82 valence electrons. The van der Waals surface area contributed by atoms with Crippen LogP contribution in [0.5, 0.6) is 0 Å². The van der Waals surface area contributed by atoms with Crippen LogP contribution < -0.4 is 0 Å². The molecule has 1 aromatic heterocycles. The molecule has 0 fully saturated rings. The average Bonchev–Trinajstić information content (AvgIpc) is 2.74. The Kier molecular flexibility index (Phi) is 3.24. The maximum absolute atomic E-state index is 3.25. The van der Waals surface area contributed by atoms with Crippen LogP contribution in [0.15, 0.2) is 60.7 Å². The minimum Gasteiger partial charge on any atom is -0.444 e. The van der Waals surface area contributed by atoms with E-state index in [4.69, 9.17) is 0 Å². The molecular formula is C14H10NPd-. The second kappa shape index (κ2) is 4.66. The summed E-state index contributed by atoms with van der Waals surface area (Å²) in [7, 11) is 0. The van der Waals surface area contributed by atoms with Gasteiger partial charge in [0.05, 0.1) is 0 Å². The minimum absolute atomic E-state index is 0. The van der Waals surface area contributed by atoms with Gasteiger partial charge < -0.3 is 4.57 Å². The van der Waals surface area contributed by atoms with Gasteiger partial charge in [-0.25, -0.2) is 0 Å². The molecule has 0 radical (unpaired) electrons. The molecule has 0 spiro atoms. The number of fused-ring (bicyclic) bond motifs is 1. The first-order valence-electron chi connectivity index (χ1n) is 4.99. The quantitative estimate of drug-likeness (QED) is 0.479. The van der Waals surface area contributed by atoms with Crippen LogP contribution in [-0.4, -0.2) is 4.57 Å². The molecule has 1 nitrogen and oxygen atoms in total. The topological polar surface area (TPSA) is 4.93 Å². The molecule has 0 saturated carbocycles. The third-order valence-corrected chi connectivity index (χ3v) is 2.54. The van der Waals surface area contributed by atoms with Gasteiger partial charge in [0.2, 0.25) is 0 Å². The molecule has 3 aromatic rings. The van der Waals surface area contributed by atoms with Crippen LogP contribution in [0, 0.1) is 6.20 Å². The van der Waals surface area contributed by atoms with E-state index in [0.717, 1.165) is 5.69 Å². The van der Waals surface area contributed by atoms with Gasteiger partial charge in [-0.15, -0.1) is 17.5 Å². The first-order valence-corrected chi connectivity index (χ1v) is 4.99. The summed E-state index contributed by atoms with van der Waals surface area (Å²) in [5, 5.41) is 1.22. The van der Waals surface area contributed by atoms with E-state index in [9.17, 15) is 0 Å². The molecule has 0 amide bonds. The van der Waals surface area contributed by atoms with E-state index in [1.165, 1.54) is 10.9 Å². The van der Waals surface area contributed by atoms with Crippen molar-refractivity contribution in [3.05, 3.63) is 66.9 Å². The summed E-state index contributed by atoms with van der Waals surface area (Å²) in [5.41, 5.74) is 2.35. The van der Waals surface area contributed by atoms with E-state index >= 15 is 0 Å². The molecule has 2 heteroatoms. The van der Waals surface area contributed by atoms with E-state index in [-0.39, 0.29) is 20.4 Å². The Morgan fingerprint density at radius 2 is 1.50 bits per heavy atom. The van der Waals surface area contributed by atoms with Gasteiger partial charge >= 0.3 is 0 Å². The summed E-state index contributed by atoms with van der Waals surface area (Å²) in [4.78, 5) is 0. The van der Waals surface area contributed by atoms with Crippen LogP contribution in [0.3, 0.4) is 0 Å². The molecular weight excluding hydrogens is 289 g/mol. The molecule has 0 aliphatic rings. The summed E-state index contributed by atoms with van der Waals surface area (Å²) >= 11 is 0. The van der Waals surface area contributed by atoms with Crippen molar-refractivity contribution in [2.45, 2.75) is 0 Å². The summed E-state index contributed by atoms with van der Waals surface area (Å²) < 4.78 is 2.08. The Morgan fingerprint density at radius 1 is 0.812 bits per heavy atom. The standard InChI is InChI=1S/C14H10N.Pd/c1-2-7-13(8-3-1)15-11-10-12-6-4-5-9-14(12)15;/h1-10H;/q-1;. The van der Waals surface area contributed by atoms with E-state index in [2.05, 4.69) is 41.1 Å². The Bertz CT molecular complexity index is 584. The van der Waals surface area contributed by atoms with Gasteiger partial charge in [0.25, 0.3) is 0 Å². The fourth-order valence-corrected chi connectivity index (χ4v) is 1.81. The zero-order valence-electron chi connectivity index (χ0n) is 8.54. The van der Waals surface area contributed by atoms with Crippen molar-refractivity contribution in [3.8, 4) is 5.69 Å². The van der Waals surface area contributed by atoms with E-state index in [1.54, 1.807) is 0 Å². The number of hydrogen-bond donors (Lipinski definition) is 0. The van der Waals surface area contributed by atoms with E-state index in [1.807, 2.05) is 30.3 Å². The molecule has 2 aromatic carbocycles. The Balaban J connectivity index is 0.000000963. The maximum atomic E-state index is 3.25. The van der Waals surface area contributed by atoms with Crippen LogP contribution in [0.25, 0.3) is 16.6 Å². The van der Waals surface area contributed by atoms with Crippen molar-refractivity contribution in [2.24, 2.45) is 0 Å². The second-order valence-corrected chi connectivity index (χ2v) is 3.50. The third kappa shape index (κ3) is 1.83. The van der Waals surface area contributed by atoms with Gasteiger partial charge in [0.1, 0.15) is 0 Å². The van der Waals surface area contributed by atoms with Crippen molar-refractivity contribution in [2.75, 3.05) is 0 Å². The zero-order chi connectivity index (χ0) is 10.1. The van der Waals surface area contributed by atoms with Gasteiger partial charge in [-0.2, -0.15) is 0 Å². The number of rotatable bonds is 1. The molecule has 3 rings (SSSR count). The van der Waals surface area contributed by atoms with Gasteiger partial charge in [-0.05, 0) is 5.69 Å². The van der Waals surface area contributed by atoms with Gasteiger partial charge in [-0.1, -0.05) is 60.2 Å². The summed E-state index contributed by atoms with van der Waals surface area (Å²) in [6.07, 6.45) is 3.25. The molecule has 0 N–H and O–H groups in total. The predicted molar refractivity (Wildman–Crippen MR) is 62.1 cm³/mol. The molecule has 0 atom stereocenters. The first kappa shape index (κ1) is 11.1. The van der Waals surface area contributed by atoms with Crippen LogP contribution in [0.1, 0.15) is 0 Å². The summed E-state index contributed by atoms with van der Waals surface area (Å²) in [6, 6.07) is 20.6. The molecule has 0 bridgehead atoms. The number of benzene rings is 2. The second-order valence-electron chi connectivity index (χ2n) is 3.50. The van der Waals surface area contributed by atoms with Gasteiger partial charge in [-0.3, -0.25) is 0 Å². The minimum atomic E-state index is 0.